The first kappa shape index (κ1) is 19.0. The molecule has 1 aliphatic heterocycles. The maximum absolute atomic E-state index is 12.9. The van der Waals surface area contributed by atoms with Gasteiger partial charge in [0.1, 0.15) is 16.7 Å². The summed E-state index contributed by atoms with van der Waals surface area (Å²) < 4.78 is 13.2. The van der Waals surface area contributed by atoms with Gasteiger partial charge in [0.05, 0.1) is 4.91 Å². The number of thiocarbonyl (C=S) groups is 1. The molecule has 1 saturated heterocycles. The van der Waals surface area contributed by atoms with Crippen molar-refractivity contribution in [1.29, 1.82) is 0 Å². The van der Waals surface area contributed by atoms with E-state index in [4.69, 9.17) is 12.2 Å². The molecule has 1 heterocycles. The first-order valence-corrected chi connectivity index (χ1v) is 9.28. The van der Waals surface area contributed by atoms with E-state index in [1.165, 1.54) is 29.2 Å². The molecule has 2 amide bonds. The quantitative estimate of drug-likeness (QED) is 0.605. The van der Waals surface area contributed by atoms with E-state index in [1.807, 2.05) is 36.4 Å². The van der Waals surface area contributed by atoms with Crippen molar-refractivity contribution >= 4 is 51.9 Å². The van der Waals surface area contributed by atoms with Gasteiger partial charge >= 0.3 is 0 Å². The Hall–Kier alpha value is -2.77. The molecule has 0 bridgehead atoms. The van der Waals surface area contributed by atoms with Gasteiger partial charge < -0.3 is 5.32 Å². The molecule has 0 spiro atoms. The standard InChI is InChI=1S/C20H15FN2O2S2/c21-15-9-11-16(12-10-15)22-18(24)13-23-19(25)17(27-20(23)26)8-4-7-14-5-2-1-3-6-14/h1-12H,13H2,(H,22,24)/b7-4+,17-8+. The molecular weight excluding hydrogens is 383 g/mol. The van der Waals surface area contributed by atoms with Gasteiger partial charge in [-0.2, -0.15) is 0 Å². The van der Waals surface area contributed by atoms with Crippen molar-refractivity contribution in [2.24, 2.45) is 0 Å². The Bertz CT molecular complexity index is 925. The number of nitrogens with one attached hydrogen (secondary N) is 1. The van der Waals surface area contributed by atoms with E-state index in [0.29, 0.717) is 14.9 Å². The number of allylic oxidation sites excluding steroid dienone is 2. The first-order chi connectivity index (χ1) is 13.0. The number of halogens is 1. The van der Waals surface area contributed by atoms with Crippen molar-refractivity contribution in [2.45, 2.75) is 0 Å². The van der Waals surface area contributed by atoms with E-state index >= 15 is 0 Å². The molecule has 7 heteroatoms. The van der Waals surface area contributed by atoms with Crippen LogP contribution in [-0.2, 0) is 9.59 Å². The minimum atomic E-state index is -0.404. The lowest BCUT2D eigenvalue weighted by molar-refractivity contribution is -0.126. The number of amides is 2. The molecule has 0 unspecified atom stereocenters. The largest absolute Gasteiger partial charge is 0.325 e. The molecule has 1 N–H and O–H groups in total. The predicted molar refractivity (Wildman–Crippen MR) is 110 cm³/mol. The van der Waals surface area contributed by atoms with Crippen LogP contribution in [0.15, 0.2) is 71.7 Å². The lowest BCUT2D eigenvalue weighted by atomic mass is 10.2. The SMILES string of the molecule is O=C(CN1C(=O)/C(=C\C=C\c2ccccc2)SC1=S)Nc1ccc(F)cc1. The average Bonchev–Trinajstić information content (AvgIpc) is 2.92. The molecule has 27 heavy (non-hydrogen) atoms. The molecule has 136 valence electrons. The van der Waals surface area contributed by atoms with Crippen LogP contribution >= 0.6 is 24.0 Å². The summed E-state index contributed by atoms with van der Waals surface area (Å²) in [5.74, 6) is -1.10. The van der Waals surface area contributed by atoms with E-state index in [-0.39, 0.29) is 12.5 Å². The zero-order valence-electron chi connectivity index (χ0n) is 14.1. The molecule has 0 atom stereocenters. The highest BCUT2D eigenvalue weighted by molar-refractivity contribution is 8.26. The van der Waals surface area contributed by atoms with Crippen LogP contribution < -0.4 is 5.32 Å². The molecule has 0 aromatic heterocycles. The summed E-state index contributed by atoms with van der Waals surface area (Å²) in [6.45, 7) is -0.193. The second kappa shape index (κ2) is 8.75. The molecule has 1 aliphatic rings. The minimum Gasteiger partial charge on any atom is -0.325 e. The van der Waals surface area contributed by atoms with Gasteiger partial charge in [0.2, 0.25) is 5.91 Å². The van der Waals surface area contributed by atoms with Crippen LogP contribution in [0.25, 0.3) is 6.08 Å². The Morgan fingerprint density at radius 2 is 1.85 bits per heavy atom. The number of thioether (sulfide) groups is 1. The number of carbonyl (C=O) groups is 2. The van der Waals surface area contributed by atoms with Gasteiger partial charge in [0.15, 0.2) is 0 Å². The van der Waals surface area contributed by atoms with Gasteiger partial charge in [0, 0.05) is 5.69 Å². The Labute approximate surface area is 165 Å². The third-order valence-electron chi connectivity index (χ3n) is 3.64. The molecule has 3 rings (SSSR count). The van der Waals surface area contributed by atoms with E-state index in [9.17, 15) is 14.0 Å². The number of hydrogen-bond acceptors (Lipinski definition) is 4. The van der Waals surface area contributed by atoms with E-state index in [0.717, 1.165) is 17.3 Å². The van der Waals surface area contributed by atoms with Gasteiger partial charge in [-0.1, -0.05) is 66.5 Å². The van der Waals surface area contributed by atoms with Crippen LogP contribution in [0.4, 0.5) is 10.1 Å². The summed E-state index contributed by atoms with van der Waals surface area (Å²) in [7, 11) is 0. The molecular formula is C20H15FN2O2S2. The molecule has 2 aromatic rings. The summed E-state index contributed by atoms with van der Waals surface area (Å²) in [6, 6.07) is 15.1. The van der Waals surface area contributed by atoms with Crippen LogP contribution in [0.2, 0.25) is 0 Å². The van der Waals surface area contributed by atoms with Crippen molar-refractivity contribution < 1.29 is 14.0 Å². The first-order valence-electron chi connectivity index (χ1n) is 8.05. The second-order valence-corrected chi connectivity index (χ2v) is 7.29. The number of benzene rings is 2. The summed E-state index contributed by atoms with van der Waals surface area (Å²) in [6.07, 6.45) is 5.35. The van der Waals surface area contributed by atoms with E-state index < -0.39 is 11.7 Å². The highest BCUT2D eigenvalue weighted by atomic mass is 32.2. The summed E-state index contributed by atoms with van der Waals surface area (Å²) in [5.41, 5.74) is 1.47. The number of rotatable bonds is 5. The molecule has 0 radical (unpaired) electrons. The fourth-order valence-electron chi connectivity index (χ4n) is 2.34. The Morgan fingerprint density at radius 1 is 1.15 bits per heavy atom. The minimum absolute atomic E-state index is 0.193. The molecule has 1 fully saturated rings. The van der Waals surface area contributed by atoms with Crippen LogP contribution in [0.1, 0.15) is 5.56 Å². The van der Waals surface area contributed by atoms with Gasteiger partial charge in [-0.25, -0.2) is 4.39 Å². The van der Waals surface area contributed by atoms with Crippen molar-refractivity contribution in [3.63, 3.8) is 0 Å². The molecule has 0 saturated carbocycles. The van der Waals surface area contributed by atoms with E-state index in [1.54, 1.807) is 12.2 Å². The third kappa shape index (κ3) is 5.12. The van der Waals surface area contributed by atoms with Crippen LogP contribution in [0, 0.1) is 5.82 Å². The monoisotopic (exact) mass is 398 g/mol. The zero-order chi connectivity index (χ0) is 19.2. The fraction of sp³-hybridized carbons (Fsp3) is 0.0500. The summed E-state index contributed by atoms with van der Waals surface area (Å²) in [5, 5.41) is 2.61. The van der Waals surface area contributed by atoms with Crippen LogP contribution in [-0.4, -0.2) is 27.6 Å². The lowest BCUT2D eigenvalue weighted by Crippen LogP contribution is -2.36. The van der Waals surface area contributed by atoms with Crippen molar-refractivity contribution in [1.82, 2.24) is 4.90 Å². The number of carbonyl (C=O) groups excluding carboxylic acids is 2. The van der Waals surface area contributed by atoms with Crippen LogP contribution in [0.5, 0.6) is 0 Å². The van der Waals surface area contributed by atoms with Crippen LogP contribution in [0.3, 0.4) is 0 Å². The van der Waals surface area contributed by atoms with Gasteiger partial charge in [-0.15, -0.1) is 0 Å². The Morgan fingerprint density at radius 3 is 2.56 bits per heavy atom. The van der Waals surface area contributed by atoms with Gasteiger partial charge in [-0.3, -0.25) is 14.5 Å². The maximum Gasteiger partial charge on any atom is 0.266 e. The van der Waals surface area contributed by atoms with Crippen molar-refractivity contribution in [2.75, 3.05) is 11.9 Å². The Kier molecular flexibility index (Phi) is 6.16. The van der Waals surface area contributed by atoms with Gasteiger partial charge in [-0.05, 0) is 35.9 Å². The number of hydrogen-bond donors (Lipinski definition) is 1. The van der Waals surface area contributed by atoms with Gasteiger partial charge in [0.25, 0.3) is 5.91 Å². The summed E-state index contributed by atoms with van der Waals surface area (Å²) >= 11 is 6.37. The van der Waals surface area contributed by atoms with Crippen molar-refractivity contribution in [3.05, 3.63) is 83.0 Å². The average molecular weight is 398 g/mol. The highest BCUT2D eigenvalue weighted by Gasteiger charge is 2.32. The summed E-state index contributed by atoms with van der Waals surface area (Å²) in [4.78, 5) is 26.3. The smallest absolute Gasteiger partial charge is 0.266 e. The lowest BCUT2D eigenvalue weighted by Gasteiger charge is -2.14. The Balaban J connectivity index is 1.61. The highest BCUT2D eigenvalue weighted by Crippen LogP contribution is 2.30. The maximum atomic E-state index is 12.9. The van der Waals surface area contributed by atoms with Crippen molar-refractivity contribution in [3.8, 4) is 0 Å². The number of nitrogens with zero attached hydrogens (tertiary/aromatic N) is 1. The topological polar surface area (TPSA) is 49.4 Å². The molecule has 4 nitrogen and oxygen atoms in total. The molecule has 2 aromatic carbocycles. The fourth-order valence-corrected chi connectivity index (χ4v) is 3.55. The number of anilines is 1. The third-order valence-corrected chi connectivity index (χ3v) is 5.04. The predicted octanol–water partition coefficient (Wildman–Crippen LogP) is 4.22. The zero-order valence-corrected chi connectivity index (χ0v) is 15.7. The normalized spacial score (nSPS) is 15.7. The van der Waals surface area contributed by atoms with E-state index in [2.05, 4.69) is 5.32 Å². The second-order valence-electron chi connectivity index (χ2n) is 5.62. The molecule has 0 aliphatic carbocycles.